The summed E-state index contributed by atoms with van der Waals surface area (Å²) in [6.07, 6.45) is 1.33. The number of aromatic nitrogens is 2. The van der Waals surface area contributed by atoms with E-state index >= 15 is 0 Å². The largest absolute Gasteiger partial charge is 0.493 e. The van der Waals surface area contributed by atoms with Crippen LogP contribution in [0.15, 0.2) is 41.5 Å². The number of methoxy groups -OCH3 is 2. The predicted molar refractivity (Wildman–Crippen MR) is 117 cm³/mol. The first kappa shape index (κ1) is 21.9. The van der Waals surface area contributed by atoms with Crippen LogP contribution in [0.1, 0.15) is 12.5 Å². The first-order valence-corrected chi connectivity index (χ1v) is 9.96. The first-order valence-electron chi connectivity index (χ1n) is 9.20. The Morgan fingerprint density at radius 2 is 1.87 bits per heavy atom. The van der Waals surface area contributed by atoms with Gasteiger partial charge in [-0.2, -0.15) is 0 Å². The lowest BCUT2D eigenvalue weighted by Crippen LogP contribution is -2.36. The van der Waals surface area contributed by atoms with E-state index in [9.17, 15) is 9.59 Å². The van der Waals surface area contributed by atoms with Crippen molar-refractivity contribution in [1.29, 1.82) is 0 Å². The lowest BCUT2D eigenvalue weighted by atomic mass is 10.2. The van der Waals surface area contributed by atoms with Crippen LogP contribution in [0, 0.1) is 0 Å². The summed E-state index contributed by atoms with van der Waals surface area (Å²) in [5.41, 5.74) is 0.859. The van der Waals surface area contributed by atoms with Gasteiger partial charge in [0.15, 0.2) is 11.5 Å². The third-order valence-corrected chi connectivity index (χ3v) is 5.21. The van der Waals surface area contributed by atoms with E-state index in [4.69, 9.17) is 32.7 Å². The summed E-state index contributed by atoms with van der Waals surface area (Å²) in [4.78, 5) is 31.5. The minimum absolute atomic E-state index is 0.146. The minimum atomic E-state index is -0.375. The molecule has 9 heteroatoms. The fourth-order valence-electron chi connectivity index (χ4n) is 3.13. The van der Waals surface area contributed by atoms with E-state index in [1.807, 2.05) is 19.1 Å². The van der Waals surface area contributed by atoms with Gasteiger partial charge < -0.3 is 14.4 Å². The number of hydrogen-bond acceptors (Lipinski definition) is 5. The van der Waals surface area contributed by atoms with Gasteiger partial charge in [-0.3, -0.25) is 14.2 Å². The molecule has 0 saturated heterocycles. The number of carbonyl (C=O) groups is 1. The van der Waals surface area contributed by atoms with Crippen LogP contribution in [0.3, 0.4) is 0 Å². The Balaban J connectivity index is 1.83. The number of rotatable bonds is 7. The highest BCUT2D eigenvalue weighted by atomic mass is 35.5. The average molecular weight is 450 g/mol. The number of halogens is 2. The van der Waals surface area contributed by atoms with Gasteiger partial charge in [0.1, 0.15) is 6.54 Å². The average Bonchev–Trinajstić information content (AvgIpc) is 2.73. The van der Waals surface area contributed by atoms with Crippen molar-refractivity contribution in [3.8, 4) is 11.5 Å². The predicted octanol–water partition coefficient (Wildman–Crippen LogP) is 3.77. The maximum Gasteiger partial charge on any atom is 0.261 e. The molecule has 0 aliphatic heterocycles. The molecule has 30 heavy (non-hydrogen) atoms. The van der Waals surface area contributed by atoms with Crippen LogP contribution in [-0.4, -0.2) is 41.1 Å². The number of fused-ring (bicyclic) bond motifs is 1. The van der Waals surface area contributed by atoms with Gasteiger partial charge >= 0.3 is 0 Å². The number of ether oxygens (including phenoxy) is 2. The molecule has 1 amide bonds. The van der Waals surface area contributed by atoms with Crippen molar-refractivity contribution in [1.82, 2.24) is 14.5 Å². The van der Waals surface area contributed by atoms with E-state index < -0.39 is 0 Å². The van der Waals surface area contributed by atoms with Crippen molar-refractivity contribution in [2.24, 2.45) is 0 Å². The lowest BCUT2D eigenvalue weighted by Gasteiger charge is -2.22. The van der Waals surface area contributed by atoms with Gasteiger partial charge in [0.25, 0.3) is 5.56 Å². The van der Waals surface area contributed by atoms with E-state index in [-0.39, 0.29) is 28.4 Å². The van der Waals surface area contributed by atoms with Crippen molar-refractivity contribution < 1.29 is 14.3 Å². The van der Waals surface area contributed by atoms with Crippen molar-refractivity contribution in [3.63, 3.8) is 0 Å². The monoisotopic (exact) mass is 449 g/mol. The van der Waals surface area contributed by atoms with Gasteiger partial charge in [-0.25, -0.2) is 4.98 Å². The maximum atomic E-state index is 12.9. The highest BCUT2D eigenvalue weighted by Gasteiger charge is 2.17. The second kappa shape index (κ2) is 9.36. The second-order valence-electron chi connectivity index (χ2n) is 6.56. The lowest BCUT2D eigenvalue weighted by molar-refractivity contribution is -0.132. The fourth-order valence-corrected chi connectivity index (χ4v) is 3.67. The van der Waals surface area contributed by atoms with Crippen LogP contribution < -0.4 is 15.0 Å². The smallest absolute Gasteiger partial charge is 0.261 e. The molecule has 0 unspecified atom stereocenters. The summed E-state index contributed by atoms with van der Waals surface area (Å²) in [7, 11) is 3.12. The molecule has 0 radical (unpaired) electrons. The third kappa shape index (κ3) is 4.52. The molecule has 0 fully saturated rings. The molecule has 1 aromatic heterocycles. The quantitative estimate of drug-likeness (QED) is 0.548. The molecular weight excluding hydrogens is 429 g/mol. The van der Waals surface area contributed by atoms with Gasteiger partial charge in [-0.1, -0.05) is 29.3 Å². The zero-order valence-corrected chi connectivity index (χ0v) is 18.3. The molecule has 7 nitrogen and oxygen atoms in total. The molecule has 0 saturated carbocycles. The van der Waals surface area contributed by atoms with E-state index in [0.717, 1.165) is 5.56 Å². The van der Waals surface area contributed by atoms with Gasteiger partial charge in [-0.15, -0.1) is 0 Å². The van der Waals surface area contributed by atoms with Crippen molar-refractivity contribution in [3.05, 3.63) is 62.6 Å². The molecule has 1 heterocycles. The SMILES string of the molecule is CCN(Cc1ccc(OC)c(OC)c1)C(=O)Cn1cnc2c(Cl)cc(Cl)cc2c1=O. The number of benzene rings is 2. The number of amides is 1. The van der Waals surface area contributed by atoms with Gasteiger partial charge in [0, 0.05) is 18.1 Å². The molecule has 2 aromatic carbocycles. The van der Waals surface area contributed by atoms with Gasteiger partial charge in [0.2, 0.25) is 5.91 Å². The fraction of sp³-hybridized carbons (Fsp3) is 0.286. The van der Waals surface area contributed by atoms with Crippen LogP contribution in [0.4, 0.5) is 0 Å². The third-order valence-electron chi connectivity index (χ3n) is 4.71. The van der Waals surface area contributed by atoms with Gasteiger partial charge in [0.05, 0.1) is 36.5 Å². The summed E-state index contributed by atoms with van der Waals surface area (Å²) < 4.78 is 11.8. The van der Waals surface area contributed by atoms with Crippen LogP contribution in [0.2, 0.25) is 10.0 Å². The molecule has 0 N–H and O–H groups in total. The highest BCUT2D eigenvalue weighted by Crippen LogP contribution is 2.28. The standard InChI is InChI=1S/C21H21Cl2N3O4/c1-4-25(10-13-5-6-17(29-2)18(7-13)30-3)19(27)11-26-12-24-20-15(21(26)28)8-14(22)9-16(20)23/h5-9,12H,4,10-11H2,1-3H3. The number of likely N-dealkylation sites (N-methyl/N-ethyl adjacent to an activating group) is 1. The van der Waals surface area contributed by atoms with Crippen molar-refractivity contribution >= 4 is 40.0 Å². The topological polar surface area (TPSA) is 73.7 Å². The molecule has 0 bridgehead atoms. The summed E-state index contributed by atoms with van der Waals surface area (Å²) in [6, 6.07) is 8.50. The molecule has 0 atom stereocenters. The maximum absolute atomic E-state index is 12.9. The highest BCUT2D eigenvalue weighted by molar-refractivity contribution is 6.38. The summed E-state index contributed by atoms with van der Waals surface area (Å²) in [5, 5.41) is 0.890. The normalized spacial score (nSPS) is 10.8. The van der Waals surface area contributed by atoms with Crippen molar-refractivity contribution in [2.45, 2.75) is 20.0 Å². The van der Waals surface area contributed by atoms with Gasteiger partial charge in [-0.05, 0) is 36.8 Å². The number of nitrogens with zero attached hydrogens (tertiary/aromatic N) is 3. The van der Waals surface area contributed by atoms with E-state index in [2.05, 4.69) is 4.98 Å². The zero-order valence-electron chi connectivity index (χ0n) is 16.8. The summed E-state index contributed by atoms with van der Waals surface area (Å²) in [6.45, 7) is 2.57. The molecule has 0 aliphatic rings. The van der Waals surface area contributed by atoms with Crippen LogP contribution in [-0.2, 0) is 17.9 Å². The minimum Gasteiger partial charge on any atom is -0.493 e. The number of hydrogen-bond donors (Lipinski definition) is 0. The Labute approximate surface area is 183 Å². The molecule has 3 aromatic rings. The Bertz CT molecular complexity index is 1150. The van der Waals surface area contributed by atoms with Crippen LogP contribution in [0.25, 0.3) is 10.9 Å². The Kier molecular flexibility index (Phi) is 6.84. The zero-order chi connectivity index (χ0) is 21.8. The first-order chi connectivity index (χ1) is 14.4. The summed E-state index contributed by atoms with van der Waals surface area (Å²) in [5.74, 6) is 0.979. The second-order valence-corrected chi connectivity index (χ2v) is 7.40. The molecular formula is C21H21Cl2N3O4. The van der Waals surface area contributed by atoms with Crippen LogP contribution >= 0.6 is 23.2 Å². The molecule has 0 spiro atoms. The van der Waals surface area contributed by atoms with Crippen molar-refractivity contribution in [2.75, 3.05) is 20.8 Å². The molecule has 158 valence electrons. The number of carbonyl (C=O) groups excluding carboxylic acids is 1. The van der Waals surface area contributed by atoms with E-state index in [1.165, 1.54) is 23.0 Å². The summed E-state index contributed by atoms with van der Waals surface area (Å²) >= 11 is 12.1. The molecule has 3 rings (SSSR count). The Morgan fingerprint density at radius 3 is 2.53 bits per heavy atom. The Hall–Kier alpha value is -2.77. The molecule has 0 aliphatic carbocycles. The van der Waals surface area contributed by atoms with Crippen LogP contribution in [0.5, 0.6) is 11.5 Å². The van der Waals surface area contributed by atoms with E-state index in [0.29, 0.717) is 35.1 Å². The Morgan fingerprint density at radius 1 is 1.13 bits per heavy atom. The van der Waals surface area contributed by atoms with E-state index in [1.54, 1.807) is 25.2 Å².